The van der Waals surface area contributed by atoms with E-state index in [4.69, 9.17) is 0 Å². The molecule has 1 fully saturated rings. The van der Waals surface area contributed by atoms with Crippen molar-refractivity contribution in [1.82, 2.24) is 5.32 Å². The summed E-state index contributed by atoms with van der Waals surface area (Å²) in [5, 5.41) is 3.69. The Morgan fingerprint density at radius 3 is 2.50 bits per heavy atom. The average molecular weight is 197 g/mol. The molecule has 0 aliphatic heterocycles. The van der Waals surface area contributed by atoms with E-state index in [1.54, 1.807) is 0 Å². The average Bonchev–Trinajstić information content (AvgIpc) is 2.58. The molecular formula is C13H27N. The molecular weight excluding hydrogens is 170 g/mol. The highest BCUT2D eigenvalue weighted by molar-refractivity contribution is 4.77. The van der Waals surface area contributed by atoms with Crippen molar-refractivity contribution in [3.05, 3.63) is 0 Å². The van der Waals surface area contributed by atoms with Crippen LogP contribution in [0.2, 0.25) is 0 Å². The lowest BCUT2D eigenvalue weighted by Gasteiger charge is -2.11. The molecule has 2 unspecified atom stereocenters. The predicted molar refractivity (Wildman–Crippen MR) is 63.6 cm³/mol. The summed E-state index contributed by atoms with van der Waals surface area (Å²) in [6, 6.07) is 0.844. The minimum absolute atomic E-state index is 0.844. The molecule has 0 bridgehead atoms. The molecule has 0 radical (unpaired) electrons. The van der Waals surface area contributed by atoms with E-state index in [1.165, 1.54) is 57.9 Å². The molecule has 2 atom stereocenters. The zero-order chi connectivity index (χ0) is 10.2. The molecule has 84 valence electrons. The van der Waals surface area contributed by atoms with Crippen molar-refractivity contribution in [2.24, 2.45) is 5.92 Å². The normalized spacial score (nSPS) is 27.0. The van der Waals surface area contributed by atoms with Gasteiger partial charge in [0.15, 0.2) is 0 Å². The van der Waals surface area contributed by atoms with E-state index in [0.717, 1.165) is 12.0 Å². The van der Waals surface area contributed by atoms with E-state index < -0.39 is 0 Å². The van der Waals surface area contributed by atoms with Crippen molar-refractivity contribution in [3.63, 3.8) is 0 Å². The first-order valence-corrected chi connectivity index (χ1v) is 6.56. The van der Waals surface area contributed by atoms with Crippen molar-refractivity contribution >= 4 is 0 Å². The maximum absolute atomic E-state index is 3.69. The highest BCUT2D eigenvalue weighted by Gasteiger charge is 2.19. The third kappa shape index (κ3) is 4.99. The Labute approximate surface area is 89.7 Å². The van der Waals surface area contributed by atoms with Gasteiger partial charge in [0, 0.05) is 6.04 Å². The van der Waals surface area contributed by atoms with Crippen LogP contribution in [-0.4, -0.2) is 12.6 Å². The Bertz CT molecular complexity index is 133. The van der Waals surface area contributed by atoms with Gasteiger partial charge in [-0.15, -0.1) is 0 Å². The van der Waals surface area contributed by atoms with Crippen LogP contribution in [0.1, 0.15) is 65.2 Å². The fourth-order valence-electron chi connectivity index (χ4n) is 2.43. The van der Waals surface area contributed by atoms with Gasteiger partial charge < -0.3 is 5.32 Å². The van der Waals surface area contributed by atoms with E-state index in [9.17, 15) is 0 Å². The minimum atomic E-state index is 0.844. The first-order chi connectivity index (χ1) is 6.83. The molecule has 0 aromatic heterocycles. The maximum atomic E-state index is 3.69. The second-order valence-electron chi connectivity index (χ2n) is 4.98. The molecule has 0 heterocycles. The third-order valence-corrected chi connectivity index (χ3v) is 3.41. The van der Waals surface area contributed by atoms with Gasteiger partial charge in [0.25, 0.3) is 0 Å². The number of hydrogen-bond acceptors (Lipinski definition) is 1. The second kappa shape index (κ2) is 7.28. The van der Waals surface area contributed by atoms with E-state index >= 15 is 0 Å². The van der Waals surface area contributed by atoms with Crippen LogP contribution < -0.4 is 5.32 Å². The lowest BCUT2D eigenvalue weighted by Crippen LogP contribution is -2.27. The van der Waals surface area contributed by atoms with Crippen molar-refractivity contribution in [2.75, 3.05) is 6.54 Å². The van der Waals surface area contributed by atoms with Crippen LogP contribution in [0.5, 0.6) is 0 Å². The summed E-state index contributed by atoms with van der Waals surface area (Å²) in [7, 11) is 0. The van der Waals surface area contributed by atoms with E-state index in [-0.39, 0.29) is 0 Å². The lowest BCUT2D eigenvalue weighted by atomic mass is 10.1. The summed E-state index contributed by atoms with van der Waals surface area (Å²) in [6.45, 7) is 5.90. The molecule has 1 saturated carbocycles. The quantitative estimate of drug-likeness (QED) is 0.613. The van der Waals surface area contributed by atoms with Gasteiger partial charge in [0.05, 0.1) is 0 Å². The molecule has 1 heteroatoms. The fraction of sp³-hybridized carbons (Fsp3) is 1.00. The van der Waals surface area contributed by atoms with Crippen molar-refractivity contribution in [2.45, 2.75) is 71.3 Å². The Balaban J connectivity index is 1.84. The van der Waals surface area contributed by atoms with Gasteiger partial charge in [0.2, 0.25) is 0 Å². The molecule has 1 nitrogen and oxygen atoms in total. The van der Waals surface area contributed by atoms with Crippen LogP contribution in [0, 0.1) is 5.92 Å². The van der Waals surface area contributed by atoms with E-state index in [0.29, 0.717) is 0 Å². The second-order valence-corrected chi connectivity index (χ2v) is 4.98. The molecule has 0 aromatic carbocycles. The van der Waals surface area contributed by atoms with Gasteiger partial charge in [-0.05, 0) is 38.1 Å². The summed E-state index contributed by atoms with van der Waals surface area (Å²) in [5.41, 5.74) is 0. The number of nitrogens with one attached hydrogen (secondary N) is 1. The van der Waals surface area contributed by atoms with Gasteiger partial charge in [0.1, 0.15) is 0 Å². The van der Waals surface area contributed by atoms with Gasteiger partial charge in [-0.1, -0.05) is 39.5 Å². The summed E-state index contributed by atoms with van der Waals surface area (Å²) < 4.78 is 0. The van der Waals surface area contributed by atoms with Crippen LogP contribution in [0.15, 0.2) is 0 Å². The monoisotopic (exact) mass is 197 g/mol. The van der Waals surface area contributed by atoms with Gasteiger partial charge in [-0.3, -0.25) is 0 Å². The maximum Gasteiger partial charge on any atom is 0.00696 e. The Morgan fingerprint density at radius 2 is 1.86 bits per heavy atom. The molecule has 1 aliphatic carbocycles. The molecule has 1 N–H and O–H groups in total. The first-order valence-electron chi connectivity index (χ1n) is 6.56. The number of hydrogen-bond donors (Lipinski definition) is 1. The Hall–Kier alpha value is -0.0400. The molecule has 0 aromatic rings. The van der Waals surface area contributed by atoms with Crippen LogP contribution in [0.4, 0.5) is 0 Å². The zero-order valence-electron chi connectivity index (χ0n) is 10.0. The van der Waals surface area contributed by atoms with Crippen molar-refractivity contribution in [1.29, 1.82) is 0 Å². The molecule has 0 amide bonds. The van der Waals surface area contributed by atoms with Gasteiger partial charge in [-0.25, -0.2) is 0 Å². The number of unbranched alkanes of at least 4 members (excludes halogenated alkanes) is 4. The molecule has 1 rings (SSSR count). The highest BCUT2D eigenvalue weighted by Crippen LogP contribution is 2.24. The molecule has 0 saturated heterocycles. The zero-order valence-corrected chi connectivity index (χ0v) is 10.0. The standard InChI is InChI=1S/C13H27N/c1-3-4-5-6-7-10-14-13-9-8-12(2)11-13/h12-14H,3-11H2,1-2H3. The lowest BCUT2D eigenvalue weighted by molar-refractivity contribution is 0.484. The van der Waals surface area contributed by atoms with E-state index in [2.05, 4.69) is 19.2 Å². The van der Waals surface area contributed by atoms with Crippen molar-refractivity contribution < 1.29 is 0 Å². The van der Waals surface area contributed by atoms with Crippen LogP contribution in [-0.2, 0) is 0 Å². The van der Waals surface area contributed by atoms with Gasteiger partial charge >= 0.3 is 0 Å². The fourth-order valence-corrected chi connectivity index (χ4v) is 2.43. The third-order valence-electron chi connectivity index (χ3n) is 3.41. The van der Waals surface area contributed by atoms with Crippen LogP contribution >= 0.6 is 0 Å². The summed E-state index contributed by atoms with van der Waals surface area (Å²) >= 11 is 0. The topological polar surface area (TPSA) is 12.0 Å². The van der Waals surface area contributed by atoms with Crippen LogP contribution in [0.25, 0.3) is 0 Å². The SMILES string of the molecule is CCCCCCCNC1CCC(C)C1. The summed E-state index contributed by atoms with van der Waals surface area (Å²) in [6.07, 6.45) is 11.3. The van der Waals surface area contributed by atoms with E-state index in [1.807, 2.05) is 0 Å². The molecule has 0 spiro atoms. The van der Waals surface area contributed by atoms with Gasteiger partial charge in [-0.2, -0.15) is 0 Å². The predicted octanol–water partition coefficient (Wildman–Crippen LogP) is 3.74. The molecule has 14 heavy (non-hydrogen) atoms. The first kappa shape index (κ1) is 12.0. The summed E-state index contributed by atoms with van der Waals surface area (Å²) in [5.74, 6) is 0.965. The highest BCUT2D eigenvalue weighted by atomic mass is 14.9. The number of rotatable bonds is 7. The summed E-state index contributed by atoms with van der Waals surface area (Å²) in [4.78, 5) is 0. The van der Waals surface area contributed by atoms with Crippen LogP contribution in [0.3, 0.4) is 0 Å². The Morgan fingerprint density at radius 1 is 1.07 bits per heavy atom. The Kier molecular flexibility index (Phi) is 6.25. The van der Waals surface area contributed by atoms with Crippen molar-refractivity contribution in [3.8, 4) is 0 Å². The smallest absolute Gasteiger partial charge is 0.00696 e. The molecule has 1 aliphatic rings. The minimum Gasteiger partial charge on any atom is -0.314 e. The largest absolute Gasteiger partial charge is 0.314 e.